The fourth-order valence-corrected chi connectivity index (χ4v) is 2.69. The van der Waals surface area contributed by atoms with Gasteiger partial charge in [0.25, 0.3) is 0 Å². The van der Waals surface area contributed by atoms with Gasteiger partial charge < -0.3 is 9.80 Å². The van der Waals surface area contributed by atoms with E-state index in [0.717, 1.165) is 17.6 Å². The minimum Gasteiger partial charge on any atom is -0.347 e. The minimum absolute atomic E-state index is 0.0704. The Balaban J connectivity index is 3.41. The summed E-state index contributed by atoms with van der Waals surface area (Å²) in [4.78, 5) is 11.1. The van der Waals surface area contributed by atoms with Gasteiger partial charge in [-0.3, -0.25) is 4.79 Å². The number of hydrogen-bond acceptors (Lipinski definition) is 1. The zero-order valence-corrected chi connectivity index (χ0v) is 15.3. The van der Waals surface area contributed by atoms with E-state index in [0.29, 0.717) is 0 Å². The number of unbranched alkanes of at least 4 members (excludes halogenated alkanes) is 9. The van der Waals surface area contributed by atoms with Gasteiger partial charge in [0.1, 0.15) is 0 Å². The van der Waals surface area contributed by atoms with Crippen LogP contribution in [-0.2, 0) is 4.79 Å². The molecule has 0 radical (unpaired) electrons. The van der Waals surface area contributed by atoms with E-state index < -0.39 is 0 Å². The Morgan fingerprint density at radius 3 is 1.91 bits per heavy atom. The van der Waals surface area contributed by atoms with Crippen molar-refractivity contribution >= 4 is 5.91 Å². The van der Waals surface area contributed by atoms with Gasteiger partial charge in [-0.05, 0) is 18.9 Å². The molecular formula is C19H39N2O+. The monoisotopic (exact) mass is 311 g/mol. The molecule has 0 aromatic rings. The van der Waals surface area contributed by atoms with Crippen molar-refractivity contribution in [3.8, 4) is 0 Å². The minimum atomic E-state index is -0.0704. The standard InChI is InChI=1S/C19H38N2O/c1-5-7-8-9-10-11-12-13-14-15-17-21(3,4)18-16-20-19(22)6-2/h6H,2,5,7-18H2,1,3-4H3/p+1. The van der Waals surface area contributed by atoms with Crippen LogP contribution in [0.25, 0.3) is 0 Å². The first-order valence-electron chi connectivity index (χ1n) is 9.24. The SMILES string of the molecule is C=CC(=O)NCC[N+](C)(C)CCCCCCCCCCCC. The van der Waals surface area contributed by atoms with Crippen LogP contribution in [0, 0.1) is 0 Å². The maximum atomic E-state index is 11.1. The Bertz CT molecular complexity index is 287. The summed E-state index contributed by atoms with van der Waals surface area (Å²) < 4.78 is 0.981. The van der Waals surface area contributed by atoms with E-state index in [-0.39, 0.29) is 5.91 Å². The molecule has 0 aromatic heterocycles. The van der Waals surface area contributed by atoms with Gasteiger partial charge in [-0.15, -0.1) is 0 Å². The highest BCUT2D eigenvalue weighted by molar-refractivity contribution is 5.86. The van der Waals surface area contributed by atoms with Crippen molar-refractivity contribution in [3.05, 3.63) is 12.7 Å². The summed E-state index contributed by atoms with van der Waals surface area (Å²) in [7, 11) is 4.49. The summed E-state index contributed by atoms with van der Waals surface area (Å²) >= 11 is 0. The Kier molecular flexibility index (Phi) is 13.3. The van der Waals surface area contributed by atoms with E-state index in [1.54, 1.807) is 0 Å². The molecule has 1 amide bonds. The average Bonchev–Trinajstić information content (AvgIpc) is 2.48. The predicted molar refractivity (Wildman–Crippen MR) is 96.9 cm³/mol. The second-order valence-corrected chi connectivity index (χ2v) is 7.06. The normalized spacial score (nSPS) is 11.4. The number of hydrogen-bond donors (Lipinski definition) is 1. The van der Waals surface area contributed by atoms with Gasteiger partial charge in [-0.1, -0.05) is 64.9 Å². The zero-order valence-electron chi connectivity index (χ0n) is 15.3. The van der Waals surface area contributed by atoms with Crippen LogP contribution < -0.4 is 5.32 Å². The Hall–Kier alpha value is -0.830. The molecule has 0 spiro atoms. The van der Waals surface area contributed by atoms with E-state index in [2.05, 4.69) is 32.9 Å². The summed E-state index contributed by atoms with van der Waals surface area (Å²) in [6.07, 6.45) is 15.2. The number of quaternary nitrogens is 1. The molecule has 0 aliphatic heterocycles. The molecule has 0 aromatic carbocycles. The number of carbonyl (C=O) groups is 1. The highest BCUT2D eigenvalue weighted by Crippen LogP contribution is 2.11. The van der Waals surface area contributed by atoms with Gasteiger partial charge in [0.15, 0.2) is 0 Å². The average molecular weight is 312 g/mol. The lowest BCUT2D eigenvalue weighted by atomic mass is 10.1. The summed E-state index contributed by atoms with van der Waals surface area (Å²) in [5, 5.41) is 2.86. The second kappa shape index (κ2) is 13.8. The van der Waals surface area contributed by atoms with Crippen molar-refractivity contribution in [2.24, 2.45) is 0 Å². The molecule has 0 atom stereocenters. The van der Waals surface area contributed by atoms with Gasteiger partial charge in [0, 0.05) is 0 Å². The molecule has 0 rings (SSSR count). The number of nitrogens with zero attached hydrogens (tertiary/aromatic N) is 1. The third-order valence-electron chi connectivity index (χ3n) is 4.32. The molecule has 0 aliphatic carbocycles. The fraction of sp³-hybridized carbons (Fsp3) is 0.842. The lowest BCUT2D eigenvalue weighted by Gasteiger charge is -2.29. The number of carbonyl (C=O) groups excluding carboxylic acids is 1. The van der Waals surface area contributed by atoms with Crippen molar-refractivity contribution in [2.45, 2.75) is 71.1 Å². The molecule has 0 bridgehead atoms. The molecule has 0 saturated heterocycles. The fourth-order valence-electron chi connectivity index (χ4n) is 2.69. The van der Waals surface area contributed by atoms with Gasteiger partial charge in [-0.25, -0.2) is 0 Å². The zero-order chi connectivity index (χ0) is 16.7. The van der Waals surface area contributed by atoms with Crippen molar-refractivity contribution < 1.29 is 9.28 Å². The van der Waals surface area contributed by atoms with Gasteiger partial charge in [0.05, 0.1) is 33.7 Å². The van der Waals surface area contributed by atoms with Crippen LogP contribution in [0.2, 0.25) is 0 Å². The topological polar surface area (TPSA) is 29.1 Å². The number of rotatable bonds is 15. The lowest BCUT2D eigenvalue weighted by Crippen LogP contribution is -2.45. The number of amides is 1. The summed E-state index contributed by atoms with van der Waals surface area (Å²) in [6, 6.07) is 0. The van der Waals surface area contributed by atoms with Gasteiger partial charge >= 0.3 is 0 Å². The first kappa shape index (κ1) is 21.2. The molecule has 3 nitrogen and oxygen atoms in total. The van der Waals surface area contributed by atoms with Crippen LogP contribution >= 0.6 is 0 Å². The van der Waals surface area contributed by atoms with E-state index in [9.17, 15) is 4.79 Å². The molecule has 130 valence electrons. The van der Waals surface area contributed by atoms with Crippen LogP contribution in [0.3, 0.4) is 0 Å². The molecular weight excluding hydrogens is 272 g/mol. The van der Waals surface area contributed by atoms with Gasteiger partial charge in [0.2, 0.25) is 5.91 Å². The molecule has 0 aliphatic rings. The predicted octanol–water partition coefficient (Wildman–Crippen LogP) is 4.29. The smallest absolute Gasteiger partial charge is 0.243 e. The van der Waals surface area contributed by atoms with Crippen molar-refractivity contribution in [1.82, 2.24) is 5.32 Å². The van der Waals surface area contributed by atoms with Crippen molar-refractivity contribution in [1.29, 1.82) is 0 Å². The summed E-state index contributed by atoms with van der Waals surface area (Å²) in [6.45, 7) is 8.65. The first-order chi connectivity index (χ1) is 10.5. The molecule has 0 heterocycles. The molecule has 22 heavy (non-hydrogen) atoms. The first-order valence-corrected chi connectivity index (χ1v) is 9.24. The maximum absolute atomic E-state index is 11.1. The van der Waals surface area contributed by atoms with Crippen LogP contribution in [0.5, 0.6) is 0 Å². The molecule has 3 heteroatoms. The van der Waals surface area contributed by atoms with Crippen molar-refractivity contribution in [3.63, 3.8) is 0 Å². The third-order valence-corrected chi connectivity index (χ3v) is 4.32. The number of nitrogens with one attached hydrogen (secondary N) is 1. The Morgan fingerprint density at radius 2 is 1.41 bits per heavy atom. The summed E-state index contributed by atoms with van der Waals surface area (Å²) in [5.41, 5.74) is 0. The third kappa shape index (κ3) is 14.1. The second-order valence-electron chi connectivity index (χ2n) is 7.06. The highest BCUT2D eigenvalue weighted by Gasteiger charge is 2.13. The maximum Gasteiger partial charge on any atom is 0.243 e. The lowest BCUT2D eigenvalue weighted by molar-refractivity contribution is -0.889. The summed E-state index contributed by atoms with van der Waals surface area (Å²) in [5.74, 6) is -0.0704. The van der Waals surface area contributed by atoms with Crippen molar-refractivity contribution in [2.75, 3.05) is 33.7 Å². The van der Waals surface area contributed by atoms with E-state index >= 15 is 0 Å². The molecule has 1 N–H and O–H groups in total. The van der Waals surface area contributed by atoms with E-state index in [1.165, 1.54) is 76.8 Å². The van der Waals surface area contributed by atoms with Crippen LogP contribution in [0.4, 0.5) is 0 Å². The Labute approximate surface area is 138 Å². The highest BCUT2D eigenvalue weighted by atomic mass is 16.1. The number of likely N-dealkylation sites (N-methyl/N-ethyl adjacent to an activating group) is 1. The van der Waals surface area contributed by atoms with Gasteiger partial charge in [-0.2, -0.15) is 0 Å². The van der Waals surface area contributed by atoms with Crippen LogP contribution in [0.1, 0.15) is 71.1 Å². The molecule has 0 saturated carbocycles. The Morgan fingerprint density at radius 1 is 0.909 bits per heavy atom. The van der Waals surface area contributed by atoms with Crippen LogP contribution in [-0.4, -0.2) is 44.1 Å². The van der Waals surface area contributed by atoms with E-state index in [4.69, 9.17) is 0 Å². The molecule has 0 unspecified atom stereocenters. The quantitative estimate of drug-likeness (QED) is 0.273. The van der Waals surface area contributed by atoms with E-state index in [1.807, 2.05) is 0 Å². The van der Waals surface area contributed by atoms with Crippen LogP contribution in [0.15, 0.2) is 12.7 Å². The largest absolute Gasteiger partial charge is 0.347 e. The molecule has 0 fully saturated rings.